The van der Waals surface area contributed by atoms with Crippen LogP contribution in [-0.4, -0.2) is 38.1 Å². The van der Waals surface area contributed by atoms with E-state index < -0.39 is 0 Å². The Balaban J connectivity index is 1.80. The van der Waals surface area contributed by atoms with Gasteiger partial charge < -0.3 is 20.7 Å². The van der Waals surface area contributed by atoms with Crippen LogP contribution in [-0.2, 0) is 11.3 Å². The first-order chi connectivity index (χ1) is 13.6. The van der Waals surface area contributed by atoms with Gasteiger partial charge in [-0.05, 0) is 51.2 Å². The van der Waals surface area contributed by atoms with E-state index in [2.05, 4.69) is 54.9 Å². The molecule has 156 valence electrons. The van der Waals surface area contributed by atoms with E-state index in [4.69, 9.17) is 9.73 Å². The summed E-state index contributed by atoms with van der Waals surface area (Å²) in [6.45, 7) is 9.78. The maximum Gasteiger partial charge on any atom is 0.223 e. The molecule has 1 aliphatic rings. The van der Waals surface area contributed by atoms with Gasteiger partial charge in [-0.3, -0.25) is 4.79 Å². The van der Waals surface area contributed by atoms with Crippen molar-refractivity contribution in [3.8, 4) is 5.75 Å². The van der Waals surface area contributed by atoms with Crippen molar-refractivity contribution in [3.05, 3.63) is 29.3 Å². The lowest BCUT2D eigenvalue weighted by Crippen LogP contribution is -2.39. The number of rotatable bonds is 11. The molecule has 0 heterocycles. The fourth-order valence-corrected chi connectivity index (χ4v) is 2.97. The van der Waals surface area contributed by atoms with E-state index in [1.807, 2.05) is 0 Å². The van der Waals surface area contributed by atoms with Gasteiger partial charge >= 0.3 is 0 Å². The van der Waals surface area contributed by atoms with E-state index in [0.29, 0.717) is 19.7 Å². The number of aryl methyl sites for hydroxylation is 1. The second kappa shape index (κ2) is 12.3. The highest BCUT2D eigenvalue weighted by molar-refractivity contribution is 5.80. The Hall–Kier alpha value is -2.24. The average Bonchev–Trinajstić information content (AvgIpc) is 2.63. The van der Waals surface area contributed by atoms with Gasteiger partial charge in [-0.2, -0.15) is 0 Å². The molecule has 0 aromatic heterocycles. The number of amides is 1. The molecule has 0 aliphatic heterocycles. The summed E-state index contributed by atoms with van der Waals surface area (Å²) in [5.41, 5.74) is 2.27. The lowest BCUT2D eigenvalue weighted by molar-refractivity contribution is -0.127. The number of nitrogens with one attached hydrogen (secondary N) is 3. The van der Waals surface area contributed by atoms with Gasteiger partial charge in [0.2, 0.25) is 5.91 Å². The molecule has 0 bridgehead atoms. The number of benzene rings is 1. The molecule has 0 unspecified atom stereocenters. The van der Waals surface area contributed by atoms with Crippen LogP contribution in [0.4, 0.5) is 0 Å². The van der Waals surface area contributed by atoms with Crippen LogP contribution in [0.1, 0.15) is 57.1 Å². The van der Waals surface area contributed by atoms with Gasteiger partial charge in [-0.1, -0.05) is 25.5 Å². The van der Waals surface area contributed by atoms with Crippen LogP contribution in [0.15, 0.2) is 23.2 Å². The first-order valence-electron chi connectivity index (χ1n) is 10.7. The van der Waals surface area contributed by atoms with Crippen molar-refractivity contribution in [2.75, 3.05) is 26.2 Å². The minimum atomic E-state index is 0.214. The summed E-state index contributed by atoms with van der Waals surface area (Å²) in [5.74, 6) is 2.17. The molecule has 6 nitrogen and oxygen atoms in total. The second-order valence-corrected chi connectivity index (χ2v) is 7.35. The number of carbonyl (C=O) groups excluding carboxylic acids is 1. The molecule has 0 radical (unpaired) electrons. The largest absolute Gasteiger partial charge is 0.493 e. The van der Waals surface area contributed by atoms with Crippen molar-refractivity contribution < 1.29 is 9.53 Å². The van der Waals surface area contributed by atoms with Crippen molar-refractivity contribution in [1.82, 2.24) is 16.0 Å². The van der Waals surface area contributed by atoms with E-state index in [0.717, 1.165) is 56.0 Å². The number of nitrogens with zero attached hydrogens (tertiary/aromatic N) is 1. The minimum Gasteiger partial charge on any atom is -0.493 e. The lowest BCUT2D eigenvalue weighted by Gasteiger charge is -2.24. The van der Waals surface area contributed by atoms with Gasteiger partial charge in [0.1, 0.15) is 5.75 Å². The van der Waals surface area contributed by atoms with Crippen LogP contribution in [0.25, 0.3) is 0 Å². The van der Waals surface area contributed by atoms with Gasteiger partial charge in [0.25, 0.3) is 0 Å². The Morgan fingerprint density at radius 2 is 1.96 bits per heavy atom. The molecule has 0 atom stereocenters. The molecule has 1 fully saturated rings. The molecule has 1 saturated carbocycles. The zero-order chi connectivity index (χ0) is 20.2. The molecule has 2 rings (SSSR count). The SMILES string of the molecule is CCCOc1cc(C)ccc1CN=C(NCC)NCCCNC(=O)C1CCC1. The standard InChI is InChI=1S/C22H36N4O2/c1-4-14-28-20-15-17(3)10-11-19(20)16-26-22(23-5-2)25-13-7-12-24-21(27)18-8-6-9-18/h10-11,15,18H,4-9,12-14,16H2,1-3H3,(H,24,27)(H2,23,25,26). The summed E-state index contributed by atoms with van der Waals surface area (Å²) in [5, 5.41) is 9.64. The molecule has 0 spiro atoms. The molecule has 28 heavy (non-hydrogen) atoms. The highest BCUT2D eigenvalue weighted by atomic mass is 16.5. The fourth-order valence-electron chi connectivity index (χ4n) is 2.97. The predicted molar refractivity (Wildman–Crippen MR) is 115 cm³/mol. The summed E-state index contributed by atoms with van der Waals surface area (Å²) in [6.07, 6.45) is 5.14. The Morgan fingerprint density at radius 1 is 1.18 bits per heavy atom. The molecule has 6 heteroatoms. The highest BCUT2D eigenvalue weighted by Gasteiger charge is 2.24. The van der Waals surface area contributed by atoms with Crippen molar-refractivity contribution in [2.24, 2.45) is 10.9 Å². The van der Waals surface area contributed by atoms with Crippen LogP contribution in [0.5, 0.6) is 5.75 Å². The van der Waals surface area contributed by atoms with Gasteiger partial charge in [0.05, 0.1) is 13.2 Å². The van der Waals surface area contributed by atoms with Gasteiger partial charge in [0.15, 0.2) is 5.96 Å². The number of carbonyl (C=O) groups is 1. The number of hydrogen-bond donors (Lipinski definition) is 3. The number of hydrogen-bond acceptors (Lipinski definition) is 3. The van der Waals surface area contributed by atoms with Crippen molar-refractivity contribution >= 4 is 11.9 Å². The molecule has 1 aliphatic carbocycles. The van der Waals surface area contributed by atoms with E-state index in [1.165, 1.54) is 12.0 Å². The second-order valence-electron chi connectivity index (χ2n) is 7.35. The van der Waals surface area contributed by atoms with E-state index >= 15 is 0 Å². The summed E-state index contributed by atoms with van der Waals surface area (Å²) in [4.78, 5) is 16.5. The van der Waals surface area contributed by atoms with Gasteiger partial charge in [-0.15, -0.1) is 0 Å². The van der Waals surface area contributed by atoms with Crippen LogP contribution >= 0.6 is 0 Å². The molecule has 3 N–H and O–H groups in total. The number of aliphatic imine (C=N–C) groups is 1. The first-order valence-corrected chi connectivity index (χ1v) is 10.7. The Morgan fingerprint density at radius 3 is 2.64 bits per heavy atom. The third-order valence-corrected chi connectivity index (χ3v) is 4.86. The lowest BCUT2D eigenvalue weighted by atomic mass is 9.85. The maximum atomic E-state index is 11.8. The Labute approximate surface area is 169 Å². The fraction of sp³-hybridized carbons (Fsp3) is 0.636. The van der Waals surface area contributed by atoms with Gasteiger partial charge in [-0.25, -0.2) is 4.99 Å². The Kier molecular flexibility index (Phi) is 9.66. The van der Waals surface area contributed by atoms with E-state index in [1.54, 1.807) is 0 Å². The van der Waals surface area contributed by atoms with E-state index in [-0.39, 0.29) is 11.8 Å². The van der Waals surface area contributed by atoms with Crippen LogP contribution in [0.2, 0.25) is 0 Å². The molecular weight excluding hydrogens is 352 g/mol. The van der Waals surface area contributed by atoms with Crippen LogP contribution in [0.3, 0.4) is 0 Å². The smallest absolute Gasteiger partial charge is 0.223 e. The monoisotopic (exact) mass is 388 g/mol. The molecule has 1 aromatic rings. The van der Waals surface area contributed by atoms with Crippen molar-refractivity contribution in [2.45, 2.75) is 59.4 Å². The summed E-state index contributed by atoms with van der Waals surface area (Å²) < 4.78 is 5.88. The molecule has 0 saturated heterocycles. The van der Waals surface area contributed by atoms with Crippen LogP contribution in [0, 0.1) is 12.8 Å². The molecule has 1 aromatic carbocycles. The third-order valence-electron chi connectivity index (χ3n) is 4.86. The average molecular weight is 389 g/mol. The molecular formula is C22H36N4O2. The predicted octanol–water partition coefficient (Wildman–Crippen LogP) is 3.15. The molecule has 1 amide bonds. The minimum absolute atomic E-state index is 0.214. The quantitative estimate of drug-likeness (QED) is 0.309. The summed E-state index contributed by atoms with van der Waals surface area (Å²) >= 11 is 0. The zero-order valence-corrected chi connectivity index (χ0v) is 17.6. The maximum absolute atomic E-state index is 11.8. The number of guanidine groups is 1. The van der Waals surface area contributed by atoms with Gasteiger partial charge in [0, 0.05) is 31.1 Å². The zero-order valence-electron chi connectivity index (χ0n) is 17.6. The summed E-state index contributed by atoms with van der Waals surface area (Å²) in [6, 6.07) is 6.25. The normalized spacial score (nSPS) is 14.3. The third kappa shape index (κ3) is 7.41. The van der Waals surface area contributed by atoms with Crippen molar-refractivity contribution in [3.63, 3.8) is 0 Å². The van der Waals surface area contributed by atoms with Crippen molar-refractivity contribution in [1.29, 1.82) is 0 Å². The summed E-state index contributed by atoms with van der Waals surface area (Å²) in [7, 11) is 0. The number of ether oxygens (including phenoxy) is 1. The topological polar surface area (TPSA) is 74.8 Å². The Bertz CT molecular complexity index is 641. The highest BCUT2D eigenvalue weighted by Crippen LogP contribution is 2.26. The van der Waals surface area contributed by atoms with E-state index in [9.17, 15) is 4.79 Å². The van der Waals surface area contributed by atoms with Crippen LogP contribution < -0.4 is 20.7 Å². The first kappa shape index (κ1) is 22.1.